The fourth-order valence-corrected chi connectivity index (χ4v) is 4.19. The molecule has 1 saturated heterocycles. The van der Waals surface area contributed by atoms with Crippen molar-refractivity contribution < 1.29 is 13.9 Å². The lowest BCUT2D eigenvalue weighted by molar-refractivity contribution is 0.186. The largest absolute Gasteiger partial charge is 0.497 e. The van der Waals surface area contributed by atoms with Gasteiger partial charge in [-0.25, -0.2) is 4.79 Å². The molecule has 0 spiro atoms. The zero-order chi connectivity index (χ0) is 19.3. The number of piperidine rings is 1. The van der Waals surface area contributed by atoms with E-state index in [0.29, 0.717) is 18.4 Å². The number of nitrogens with zero attached hydrogens (tertiary/aromatic N) is 3. The van der Waals surface area contributed by atoms with Crippen LogP contribution in [0.4, 0.5) is 10.5 Å². The van der Waals surface area contributed by atoms with Gasteiger partial charge in [-0.1, -0.05) is 25.3 Å². The lowest BCUT2D eigenvalue weighted by atomic mass is 9.89. The maximum absolute atomic E-state index is 12.7. The average Bonchev–Trinajstić information content (AvgIpc) is 3.25. The molecule has 1 aromatic carbocycles. The van der Waals surface area contributed by atoms with Crippen molar-refractivity contribution in [1.29, 1.82) is 0 Å². The molecule has 1 N–H and O–H groups in total. The summed E-state index contributed by atoms with van der Waals surface area (Å²) < 4.78 is 11.3. The predicted molar refractivity (Wildman–Crippen MR) is 106 cm³/mol. The summed E-state index contributed by atoms with van der Waals surface area (Å²) >= 11 is 0. The number of likely N-dealkylation sites (tertiary alicyclic amines) is 1. The number of methoxy groups -OCH3 is 1. The second kappa shape index (κ2) is 8.63. The minimum Gasteiger partial charge on any atom is -0.497 e. The zero-order valence-corrected chi connectivity index (χ0v) is 16.4. The first-order valence-corrected chi connectivity index (χ1v) is 10.3. The number of hydrogen-bond acceptors (Lipinski definition) is 5. The molecule has 4 rings (SSSR count). The minimum absolute atomic E-state index is 0.106. The molecule has 7 heteroatoms. The molecule has 2 aliphatic rings. The van der Waals surface area contributed by atoms with Gasteiger partial charge in [0.25, 0.3) is 0 Å². The van der Waals surface area contributed by atoms with Crippen LogP contribution in [0.15, 0.2) is 28.7 Å². The lowest BCUT2D eigenvalue weighted by Crippen LogP contribution is -2.41. The van der Waals surface area contributed by atoms with E-state index in [-0.39, 0.29) is 11.9 Å². The fraction of sp³-hybridized carbons (Fsp3) is 0.571. The average molecular weight is 384 g/mol. The van der Waals surface area contributed by atoms with Gasteiger partial charge in [0.05, 0.1) is 13.0 Å². The number of anilines is 1. The first-order chi connectivity index (χ1) is 13.7. The molecule has 1 saturated carbocycles. The topological polar surface area (TPSA) is 80.5 Å². The van der Waals surface area contributed by atoms with E-state index >= 15 is 0 Å². The van der Waals surface area contributed by atoms with Crippen LogP contribution in [0.3, 0.4) is 0 Å². The van der Waals surface area contributed by atoms with E-state index in [1.165, 1.54) is 19.3 Å². The van der Waals surface area contributed by atoms with E-state index in [0.717, 1.165) is 49.6 Å². The SMILES string of the molecule is COc1cccc(NC(=O)N2CCCC(c3nnc(C4CCCCC4)o3)C2)c1. The smallest absolute Gasteiger partial charge is 0.321 e. The summed E-state index contributed by atoms with van der Waals surface area (Å²) in [6, 6.07) is 7.28. The van der Waals surface area contributed by atoms with Gasteiger partial charge in [-0.3, -0.25) is 0 Å². The summed E-state index contributed by atoms with van der Waals surface area (Å²) in [4.78, 5) is 14.5. The normalized spacial score (nSPS) is 20.8. The van der Waals surface area contributed by atoms with E-state index in [1.54, 1.807) is 7.11 Å². The molecule has 2 amide bonds. The van der Waals surface area contributed by atoms with E-state index in [1.807, 2.05) is 29.2 Å². The van der Waals surface area contributed by atoms with Gasteiger partial charge in [0.2, 0.25) is 11.8 Å². The van der Waals surface area contributed by atoms with Crippen molar-refractivity contribution in [3.8, 4) is 5.75 Å². The Morgan fingerprint density at radius 3 is 2.64 bits per heavy atom. The third kappa shape index (κ3) is 4.29. The number of rotatable bonds is 4. The van der Waals surface area contributed by atoms with Crippen molar-refractivity contribution in [2.75, 3.05) is 25.5 Å². The van der Waals surface area contributed by atoms with Crippen molar-refractivity contribution in [3.63, 3.8) is 0 Å². The first kappa shape index (κ1) is 18.8. The van der Waals surface area contributed by atoms with Gasteiger partial charge in [-0.05, 0) is 37.8 Å². The number of nitrogens with one attached hydrogen (secondary N) is 1. The van der Waals surface area contributed by atoms with Gasteiger partial charge in [-0.2, -0.15) is 0 Å². The lowest BCUT2D eigenvalue weighted by Gasteiger charge is -2.31. The number of hydrogen-bond donors (Lipinski definition) is 1. The summed E-state index contributed by atoms with van der Waals surface area (Å²) in [6.07, 6.45) is 7.96. The quantitative estimate of drug-likeness (QED) is 0.837. The van der Waals surface area contributed by atoms with Crippen LogP contribution in [0.25, 0.3) is 0 Å². The summed E-state index contributed by atoms with van der Waals surface area (Å²) in [5.74, 6) is 2.70. The third-order valence-corrected chi connectivity index (χ3v) is 5.79. The standard InChI is InChI=1S/C21H28N4O3/c1-27-18-11-5-10-17(13-18)22-21(26)25-12-6-9-16(14-25)20-24-23-19(28-20)15-7-3-2-4-8-15/h5,10-11,13,15-16H,2-4,6-9,12,14H2,1H3,(H,22,26). The van der Waals surface area contributed by atoms with Crippen LogP contribution in [0.5, 0.6) is 5.75 Å². The van der Waals surface area contributed by atoms with Gasteiger partial charge in [0.1, 0.15) is 5.75 Å². The Morgan fingerprint density at radius 1 is 1.11 bits per heavy atom. The molecule has 1 atom stereocenters. The van der Waals surface area contributed by atoms with Crippen molar-refractivity contribution in [1.82, 2.24) is 15.1 Å². The highest BCUT2D eigenvalue weighted by molar-refractivity contribution is 5.89. The molecule has 1 aliphatic carbocycles. The maximum Gasteiger partial charge on any atom is 0.321 e. The number of benzene rings is 1. The molecule has 2 aromatic rings. The highest BCUT2D eigenvalue weighted by atomic mass is 16.5. The predicted octanol–water partition coefficient (Wildman–Crippen LogP) is 4.54. The monoisotopic (exact) mass is 384 g/mol. The van der Waals surface area contributed by atoms with Gasteiger partial charge in [0, 0.05) is 30.8 Å². The van der Waals surface area contributed by atoms with E-state index in [4.69, 9.17) is 9.15 Å². The summed E-state index contributed by atoms with van der Waals surface area (Å²) in [7, 11) is 1.61. The van der Waals surface area contributed by atoms with Crippen LogP contribution in [0, 0.1) is 0 Å². The Labute approximate surface area is 165 Å². The molecule has 2 fully saturated rings. The van der Waals surface area contributed by atoms with Crippen molar-refractivity contribution >= 4 is 11.7 Å². The molecule has 150 valence electrons. The Kier molecular flexibility index (Phi) is 5.78. The van der Waals surface area contributed by atoms with Crippen LogP contribution >= 0.6 is 0 Å². The Hall–Kier alpha value is -2.57. The van der Waals surface area contributed by atoms with Gasteiger partial charge in [0.15, 0.2) is 0 Å². The number of ether oxygens (including phenoxy) is 1. The molecule has 7 nitrogen and oxygen atoms in total. The van der Waals surface area contributed by atoms with E-state index < -0.39 is 0 Å². The Morgan fingerprint density at radius 2 is 1.86 bits per heavy atom. The number of amides is 2. The summed E-state index contributed by atoms with van der Waals surface area (Å²) in [5.41, 5.74) is 0.726. The highest BCUT2D eigenvalue weighted by Crippen LogP contribution is 2.34. The number of urea groups is 1. The van der Waals surface area contributed by atoms with Crippen molar-refractivity contribution in [2.45, 2.75) is 56.8 Å². The van der Waals surface area contributed by atoms with Crippen molar-refractivity contribution in [3.05, 3.63) is 36.0 Å². The van der Waals surface area contributed by atoms with Crippen molar-refractivity contribution in [2.24, 2.45) is 0 Å². The molecule has 1 aliphatic heterocycles. The van der Waals surface area contributed by atoms with Crippen LogP contribution in [0.1, 0.15) is 68.6 Å². The molecular weight excluding hydrogens is 356 g/mol. The maximum atomic E-state index is 12.7. The number of aromatic nitrogens is 2. The first-order valence-electron chi connectivity index (χ1n) is 10.3. The molecule has 28 heavy (non-hydrogen) atoms. The zero-order valence-electron chi connectivity index (χ0n) is 16.4. The molecule has 0 bridgehead atoms. The van der Waals surface area contributed by atoms with Gasteiger partial charge >= 0.3 is 6.03 Å². The third-order valence-electron chi connectivity index (χ3n) is 5.79. The molecule has 2 heterocycles. The number of carbonyl (C=O) groups is 1. The second-order valence-corrected chi connectivity index (χ2v) is 7.76. The summed E-state index contributed by atoms with van der Waals surface area (Å²) in [5, 5.41) is 11.6. The minimum atomic E-state index is -0.107. The van der Waals surface area contributed by atoms with Crippen LogP contribution in [-0.2, 0) is 0 Å². The van der Waals surface area contributed by atoms with Crippen LogP contribution < -0.4 is 10.1 Å². The second-order valence-electron chi connectivity index (χ2n) is 7.76. The fourth-order valence-electron chi connectivity index (χ4n) is 4.19. The number of carbonyl (C=O) groups excluding carboxylic acids is 1. The van der Waals surface area contributed by atoms with Crippen LogP contribution in [0.2, 0.25) is 0 Å². The van der Waals surface area contributed by atoms with Crippen LogP contribution in [-0.4, -0.2) is 41.3 Å². The van der Waals surface area contributed by atoms with Gasteiger partial charge < -0.3 is 19.4 Å². The molecule has 0 radical (unpaired) electrons. The van der Waals surface area contributed by atoms with E-state index in [9.17, 15) is 4.79 Å². The molecule has 1 aromatic heterocycles. The molecule has 1 unspecified atom stereocenters. The Balaban J connectivity index is 1.38. The summed E-state index contributed by atoms with van der Waals surface area (Å²) in [6.45, 7) is 1.33. The van der Waals surface area contributed by atoms with Gasteiger partial charge in [-0.15, -0.1) is 10.2 Å². The Bertz CT molecular complexity index is 800. The highest BCUT2D eigenvalue weighted by Gasteiger charge is 2.30. The van der Waals surface area contributed by atoms with E-state index in [2.05, 4.69) is 15.5 Å². The molecular formula is C21H28N4O3.